The van der Waals surface area contributed by atoms with E-state index in [-0.39, 0.29) is 5.04 Å². The van der Waals surface area contributed by atoms with Crippen molar-refractivity contribution in [2.24, 2.45) is 5.92 Å². The van der Waals surface area contributed by atoms with E-state index in [0.717, 1.165) is 12.0 Å². The van der Waals surface area contributed by atoms with Gasteiger partial charge in [0.25, 0.3) is 0 Å². The maximum absolute atomic E-state index is 6.80. The molecule has 1 aliphatic rings. The monoisotopic (exact) mass is 456 g/mol. The highest BCUT2D eigenvalue weighted by Gasteiger charge is 2.41. The highest BCUT2D eigenvalue weighted by molar-refractivity contribution is 6.74. The van der Waals surface area contributed by atoms with E-state index in [9.17, 15) is 0 Å². The van der Waals surface area contributed by atoms with Crippen LogP contribution in [0.1, 0.15) is 65.4 Å². The highest BCUT2D eigenvalue weighted by atomic mass is 35.5. The zero-order valence-corrected chi connectivity index (χ0v) is 21.5. The Morgan fingerprint density at radius 3 is 2.38 bits per heavy atom. The van der Waals surface area contributed by atoms with E-state index in [1.54, 1.807) is 0 Å². The topological polar surface area (TPSA) is 18.5 Å². The van der Waals surface area contributed by atoms with Gasteiger partial charge in [0.2, 0.25) is 0 Å². The van der Waals surface area contributed by atoms with Gasteiger partial charge in [-0.05, 0) is 62.4 Å². The van der Waals surface area contributed by atoms with E-state index in [1.165, 1.54) is 31.3 Å². The molecule has 5 heteroatoms. The molecule has 0 radical (unpaired) electrons. The van der Waals surface area contributed by atoms with E-state index < -0.39 is 8.32 Å². The standard InChI is InChI=1S/C24H38Cl2O2Si/c1-18(16-27-17-20-21(25)11-9-12-22(20)26)14-15-19-10-7-8-13-23(19)28-29(5,6)24(2,3)4/h9,11-12,14,19,23H,7-8,10,13,15-17H2,1-6H3/b18-14+/t19-,23+/m1/s1. The van der Waals surface area contributed by atoms with Gasteiger partial charge in [0.15, 0.2) is 8.32 Å². The van der Waals surface area contributed by atoms with E-state index in [1.807, 2.05) is 18.2 Å². The summed E-state index contributed by atoms with van der Waals surface area (Å²) in [6.07, 6.45) is 8.88. The maximum Gasteiger partial charge on any atom is 0.192 e. The second kappa shape index (κ2) is 10.8. The Hall–Kier alpha value is -0.323. The molecule has 0 N–H and O–H groups in total. The van der Waals surface area contributed by atoms with Crippen LogP contribution in [0.4, 0.5) is 0 Å². The van der Waals surface area contributed by atoms with Crippen LogP contribution in [-0.4, -0.2) is 21.0 Å². The van der Waals surface area contributed by atoms with Crippen LogP contribution in [0, 0.1) is 5.92 Å². The number of hydrogen-bond donors (Lipinski definition) is 0. The number of ether oxygens (including phenoxy) is 1. The molecular weight excluding hydrogens is 419 g/mol. The fraction of sp³-hybridized carbons (Fsp3) is 0.667. The van der Waals surface area contributed by atoms with Crippen LogP contribution < -0.4 is 0 Å². The molecule has 2 rings (SSSR count). The van der Waals surface area contributed by atoms with E-state index >= 15 is 0 Å². The fourth-order valence-electron chi connectivity index (χ4n) is 3.55. The van der Waals surface area contributed by atoms with Gasteiger partial charge in [-0.15, -0.1) is 0 Å². The lowest BCUT2D eigenvalue weighted by Crippen LogP contribution is -2.46. The Morgan fingerprint density at radius 2 is 1.76 bits per heavy atom. The van der Waals surface area contributed by atoms with Gasteiger partial charge in [-0.3, -0.25) is 0 Å². The third kappa shape index (κ3) is 7.39. The van der Waals surface area contributed by atoms with Crippen molar-refractivity contribution in [1.82, 2.24) is 0 Å². The first-order valence-electron chi connectivity index (χ1n) is 10.9. The Kier molecular flexibility index (Phi) is 9.30. The molecule has 1 fully saturated rings. The molecule has 0 aromatic heterocycles. The second-order valence-corrected chi connectivity index (χ2v) is 15.5. The minimum Gasteiger partial charge on any atom is -0.414 e. The molecule has 1 saturated carbocycles. The molecule has 29 heavy (non-hydrogen) atoms. The summed E-state index contributed by atoms with van der Waals surface area (Å²) in [6, 6.07) is 5.55. The van der Waals surface area contributed by atoms with Crippen molar-refractivity contribution in [3.8, 4) is 0 Å². The minimum atomic E-state index is -1.73. The van der Waals surface area contributed by atoms with Crippen molar-refractivity contribution in [2.45, 2.75) is 90.6 Å². The van der Waals surface area contributed by atoms with Gasteiger partial charge < -0.3 is 9.16 Å². The summed E-state index contributed by atoms with van der Waals surface area (Å²) in [5.74, 6) is 0.617. The van der Waals surface area contributed by atoms with E-state index in [4.69, 9.17) is 32.4 Å². The molecule has 1 aromatic carbocycles. The van der Waals surface area contributed by atoms with Gasteiger partial charge in [0.05, 0.1) is 13.2 Å². The summed E-state index contributed by atoms with van der Waals surface area (Å²) in [6.45, 7) is 14.9. The molecule has 0 heterocycles. The average Bonchev–Trinajstić information content (AvgIpc) is 2.62. The van der Waals surface area contributed by atoms with Crippen LogP contribution in [0.2, 0.25) is 28.2 Å². The van der Waals surface area contributed by atoms with Gasteiger partial charge >= 0.3 is 0 Å². The first-order chi connectivity index (χ1) is 13.5. The van der Waals surface area contributed by atoms with E-state index in [2.05, 4.69) is 46.9 Å². The van der Waals surface area contributed by atoms with Crippen LogP contribution in [0.15, 0.2) is 29.8 Å². The van der Waals surface area contributed by atoms with Gasteiger partial charge in [0, 0.05) is 21.7 Å². The lowest BCUT2D eigenvalue weighted by molar-refractivity contribution is 0.0801. The quantitative estimate of drug-likeness (QED) is 0.288. The Bertz CT molecular complexity index is 674. The third-order valence-corrected chi connectivity index (χ3v) is 11.7. The highest BCUT2D eigenvalue weighted by Crippen LogP contribution is 2.41. The molecule has 0 amide bonds. The van der Waals surface area contributed by atoms with E-state index in [0.29, 0.717) is 35.3 Å². The Morgan fingerprint density at radius 1 is 1.14 bits per heavy atom. The number of halogens is 2. The smallest absolute Gasteiger partial charge is 0.192 e. The van der Waals surface area contributed by atoms with Crippen molar-refractivity contribution in [2.75, 3.05) is 6.61 Å². The normalized spacial score (nSPS) is 21.4. The predicted octanol–water partition coefficient (Wildman–Crippen LogP) is 8.43. The predicted molar refractivity (Wildman–Crippen MR) is 129 cm³/mol. The first-order valence-corrected chi connectivity index (χ1v) is 14.5. The molecule has 2 nitrogen and oxygen atoms in total. The van der Waals surface area contributed by atoms with Crippen molar-refractivity contribution in [3.05, 3.63) is 45.5 Å². The molecular formula is C24H38Cl2O2Si. The van der Waals surface area contributed by atoms with Crippen molar-refractivity contribution >= 4 is 31.5 Å². The SMILES string of the molecule is C/C(=C\C[C@H]1CCCC[C@@H]1O[Si](C)(C)C(C)(C)C)COCc1c(Cl)cccc1Cl. The van der Waals surface area contributed by atoms with Crippen LogP contribution in [-0.2, 0) is 15.8 Å². The molecule has 2 atom stereocenters. The van der Waals surface area contributed by atoms with Gasteiger partial charge in [0.1, 0.15) is 0 Å². The van der Waals surface area contributed by atoms with Crippen LogP contribution in [0.5, 0.6) is 0 Å². The zero-order valence-electron chi connectivity index (χ0n) is 19.0. The summed E-state index contributed by atoms with van der Waals surface area (Å²) < 4.78 is 12.7. The van der Waals surface area contributed by atoms with Crippen molar-refractivity contribution in [1.29, 1.82) is 0 Å². The van der Waals surface area contributed by atoms with Crippen molar-refractivity contribution in [3.63, 3.8) is 0 Å². The largest absolute Gasteiger partial charge is 0.414 e. The molecule has 0 bridgehead atoms. The summed E-state index contributed by atoms with van der Waals surface area (Å²) in [5.41, 5.74) is 2.11. The Balaban J connectivity index is 1.89. The van der Waals surface area contributed by atoms with Crippen LogP contribution >= 0.6 is 23.2 Å². The van der Waals surface area contributed by atoms with Crippen molar-refractivity contribution < 1.29 is 9.16 Å². The molecule has 0 spiro atoms. The number of allylic oxidation sites excluding steroid dienone is 1. The maximum atomic E-state index is 6.80. The van der Waals surface area contributed by atoms with Gasteiger partial charge in [-0.2, -0.15) is 0 Å². The molecule has 0 aliphatic heterocycles. The van der Waals surface area contributed by atoms with Crippen LogP contribution in [0.25, 0.3) is 0 Å². The molecule has 1 aromatic rings. The zero-order chi connectivity index (χ0) is 21.7. The average molecular weight is 458 g/mol. The molecule has 0 saturated heterocycles. The third-order valence-electron chi connectivity index (χ3n) is 6.50. The summed E-state index contributed by atoms with van der Waals surface area (Å²) in [4.78, 5) is 0. The summed E-state index contributed by atoms with van der Waals surface area (Å²) in [7, 11) is -1.73. The number of hydrogen-bond acceptors (Lipinski definition) is 2. The minimum absolute atomic E-state index is 0.259. The Labute approximate surface area is 189 Å². The molecule has 164 valence electrons. The fourth-order valence-corrected chi connectivity index (χ4v) is 5.48. The molecule has 1 aliphatic carbocycles. The number of rotatable bonds is 8. The lowest BCUT2D eigenvalue weighted by Gasteiger charge is -2.43. The van der Waals surface area contributed by atoms with Gasteiger partial charge in [-0.25, -0.2) is 0 Å². The number of benzene rings is 1. The van der Waals surface area contributed by atoms with Gasteiger partial charge in [-0.1, -0.05) is 74.5 Å². The first kappa shape index (κ1) is 24.9. The van der Waals surface area contributed by atoms with Crippen LogP contribution in [0.3, 0.4) is 0 Å². The summed E-state index contributed by atoms with van der Waals surface area (Å²) >= 11 is 12.4. The lowest BCUT2D eigenvalue weighted by atomic mass is 9.84. The second-order valence-electron chi connectivity index (χ2n) is 9.94. The summed E-state index contributed by atoms with van der Waals surface area (Å²) in [5, 5.41) is 1.58. The molecule has 0 unspecified atom stereocenters.